The van der Waals surface area contributed by atoms with E-state index in [4.69, 9.17) is 5.73 Å². The number of aliphatic hydroxyl groups is 1. The SMILES string of the molecule is CC(C)CCC[C@@H](C)[C@H]1CC[C@H]2[C@@H]3CC(N)=C4C[C@@H](O)CC(NC5CCCCC5)[C@]4(C)[C@H]3CC[C@]12C. The molecule has 0 aromatic rings. The molecular formula is C33H58N2O. The summed E-state index contributed by atoms with van der Waals surface area (Å²) in [6.45, 7) is 12.6. The van der Waals surface area contributed by atoms with Crippen LogP contribution in [0.1, 0.15) is 131 Å². The molecule has 9 atom stereocenters. The maximum atomic E-state index is 10.9. The Kier molecular flexibility index (Phi) is 7.93. The van der Waals surface area contributed by atoms with Gasteiger partial charge in [-0.05, 0) is 104 Å². The summed E-state index contributed by atoms with van der Waals surface area (Å²) in [5, 5.41) is 15.1. The van der Waals surface area contributed by atoms with Crippen molar-refractivity contribution < 1.29 is 5.11 Å². The molecule has 0 saturated heterocycles. The zero-order chi connectivity index (χ0) is 25.7. The van der Waals surface area contributed by atoms with Gasteiger partial charge in [-0.1, -0.05) is 73.1 Å². The van der Waals surface area contributed by atoms with Gasteiger partial charge in [0.25, 0.3) is 0 Å². The predicted molar refractivity (Wildman–Crippen MR) is 151 cm³/mol. The molecule has 0 amide bonds. The quantitative estimate of drug-likeness (QED) is 0.339. The summed E-state index contributed by atoms with van der Waals surface area (Å²) in [6, 6.07) is 1.01. The molecule has 1 unspecified atom stereocenters. The lowest BCUT2D eigenvalue weighted by molar-refractivity contribution is -0.0732. The Morgan fingerprint density at radius 3 is 2.42 bits per heavy atom. The van der Waals surface area contributed by atoms with Crippen molar-refractivity contribution in [3.8, 4) is 0 Å². The summed E-state index contributed by atoms with van der Waals surface area (Å²) >= 11 is 0. The fraction of sp³-hybridized carbons (Fsp3) is 0.939. The molecule has 4 saturated carbocycles. The third kappa shape index (κ3) is 4.72. The summed E-state index contributed by atoms with van der Waals surface area (Å²) in [6.07, 6.45) is 19.1. The second-order valence-electron chi connectivity index (χ2n) is 15.0. The second kappa shape index (κ2) is 10.6. The van der Waals surface area contributed by atoms with Crippen LogP contribution in [0.5, 0.6) is 0 Å². The summed E-state index contributed by atoms with van der Waals surface area (Å²) in [5.41, 5.74) is 10.2. The molecule has 0 aliphatic heterocycles. The molecule has 0 radical (unpaired) electrons. The summed E-state index contributed by atoms with van der Waals surface area (Å²) in [5.74, 6) is 4.85. The first kappa shape index (κ1) is 27.0. The molecule has 4 N–H and O–H groups in total. The molecule has 5 rings (SSSR count). The Labute approximate surface area is 222 Å². The zero-order valence-electron chi connectivity index (χ0n) is 24.3. The van der Waals surface area contributed by atoms with Crippen molar-refractivity contribution in [2.75, 3.05) is 0 Å². The van der Waals surface area contributed by atoms with Gasteiger partial charge in [0, 0.05) is 23.2 Å². The topological polar surface area (TPSA) is 58.3 Å². The minimum absolute atomic E-state index is 0.117. The fourth-order valence-corrected chi connectivity index (χ4v) is 10.7. The minimum atomic E-state index is -0.235. The third-order valence-electron chi connectivity index (χ3n) is 12.6. The highest BCUT2D eigenvalue weighted by Gasteiger charge is 2.62. The first-order valence-corrected chi connectivity index (χ1v) is 16.1. The smallest absolute Gasteiger partial charge is 0.0593 e. The normalized spacial score (nSPS) is 44.3. The van der Waals surface area contributed by atoms with Crippen LogP contribution in [0.15, 0.2) is 11.3 Å². The van der Waals surface area contributed by atoms with Crippen molar-refractivity contribution in [1.29, 1.82) is 0 Å². The predicted octanol–water partition coefficient (Wildman–Crippen LogP) is 7.58. The molecule has 5 aliphatic carbocycles. The van der Waals surface area contributed by atoms with Crippen LogP contribution in [0.25, 0.3) is 0 Å². The summed E-state index contributed by atoms with van der Waals surface area (Å²) in [7, 11) is 0. The number of hydrogen-bond donors (Lipinski definition) is 3. The van der Waals surface area contributed by atoms with Crippen molar-refractivity contribution >= 4 is 0 Å². The number of aliphatic hydroxyl groups excluding tert-OH is 1. The van der Waals surface area contributed by atoms with Crippen LogP contribution < -0.4 is 11.1 Å². The Bertz CT molecular complexity index is 800. The van der Waals surface area contributed by atoms with Crippen LogP contribution in [-0.4, -0.2) is 23.3 Å². The van der Waals surface area contributed by atoms with E-state index in [-0.39, 0.29) is 11.5 Å². The van der Waals surface area contributed by atoms with E-state index in [9.17, 15) is 5.11 Å². The lowest BCUT2D eigenvalue weighted by Gasteiger charge is -2.61. The van der Waals surface area contributed by atoms with Gasteiger partial charge in [-0.15, -0.1) is 0 Å². The van der Waals surface area contributed by atoms with Crippen LogP contribution in [-0.2, 0) is 0 Å². The molecule has 0 heterocycles. The van der Waals surface area contributed by atoms with Crippen molar-refractivity contribution in [2.45, 2.75) is 149 Å². The maximum absolute atomic E-state index is 10.9. The second-order valence-corrected chi connectivity index (χ2v) is 15.0. The van der Waals surface area contributed by atoms with Crippen LogP contribution in [0.2, 0.25) is 0 Å². The highest BCUT2D eigenvalue weighted by Crippen LogP contribution is 2.68. The first-order valence-electron chi connectivity index (χ1n) is 16.1. The zero-order valence-corrected chi connectivity index (χ0v) is 24.3. The standard InChI is InChI=1S/C33H58N2O/c1-21(2)10-9-11-22(3)26-14-15-27-25-20-30(34)29-18-24(36)19-31(35-23-12-7-6-8-13-23)33(29,5)28(25)16-17-32(26,27)4/h21-28,31,35-36H,6-20,34H2,1-5H3/t22-,24-,25+,26-,27+,28+,31?,32-,33-/m1/s1. The average molecular weight is 499 g/mol. The maximum Gasteiger partial charge on any atom is 0.0593 e. The number of fused-ring (bicyclic) bond motifs is 5. The van der Waals surface area contributed by atoms with Crippen molar-refractivity contribution in [3.05, 3.63) is 11.3 Å². The highest BCUT2D eigenvalue weighted by molar-refractivity contribution is 5.33. The molecule has 206 valence electrons. The molecular weight excluding hydrogens is 440 g/mol. The largest absolute Gasteiger partial charge is 0.402 e. The number of allylic oxidation sites excluding steroid dienone is 1. The van der Waals surface area contributed by atoms with E-state index in [0.29, 0.717) is 17.5 Å². The van der Waals surface area contributed by atoms with E-state index in [1.807, 2.05) is 0 Å². The van der Waals surface area contributed by atoms with Gasteiger partial charge in [-0.3, -0.25) is 0 Å². The molecule has 0 spiro atoms. The molecule has 3 heteroatoms. The first-order chi connectivity index (χ1) is 17.1. The van der Waals surface area contributed by atoms with E-state index in [1.165, 1.54) is 82.6 Å². The van der Waals surface area contributed by atoms with Gasteiger partial charge in [0.2, 0.25) is 0 Å². The Morgan fingerprint density at radius 1 is 0.944 bits per heavy atom. The molecule has 36 heavy (non-hydrogen) atoms. The highest BCUT2D eigenvalue weighted by atomic mass is 16.3. The van der Waals surface area contributed by atoms with E-state index in [0.717, 1.165) is 60.5 Å². The molecule has 4 fully saturated rings. The van der Waals surface area contributed by atoms with Crippen LogP contribution in [0, 0.1) is 46.3 Å². The molecule has 3 nitrogen and oxygen atoms in total. The fourth-order valence-electron chi connectivity index (χ4n) is 10.7. The Morgan fingerprint density at radius 2 is 1.69 bits per heavy atom. The van der Waals surface area contributed by atoms with Crippen LogP contribution >= 0.6 is 0 Å². The number of nitrogens with one attached hydrogen (secondary N) is 1. The number of rotatable bonds is 7. The molecule has 0 aromatic heterocycles. The summed E-state index contributed by atoms with van der Waals surface area (Å²) in [4.78, 5) is 0. The minimum Gasteiger partial charge on any atom is -0.402 e. The van der Waals surface area contributed by atoms with Gasteiger partial charge in [-0.2, -0.15) is 0 Å². The lowest BCUT2D eigenvalue weighted by atomic mass is 9.45. The average Bonchev–Trinajstić information content (AvgIpc) is 3.19. The third-order valence-corrected chi connectivity index (χ3v) is 12.6. The van der Waals surface area contributed by atoms with E-state index < -0.39 is 0 Å². The van der Waals surface area contributed by atoms with Gasteiger partial charge in [0.15, 0.2) is 0 Å². The van der Waals surface area contributed by atoms with E-state index >= 15 is 0 Å². The monoisotopic (exact) mass is 498 g/mol. The Balaban J connectivity index is 1.38. The van der Waals surface area contributed by atoms with Gasteiger partial charge in [0.05, 0.1) is 6.10 Å². The number of hydrogen-bond acceptors (Lipinski definition) is 3. The lowest BCUT2D eigenvalue weighted by Crippen LogP contribution is -2.62. The molecule has 0 bridgehead atoms. The summed E-state index contributed by atoms with van der Waals surface area (Å²) < 4.78 is 0. The Hall–Kier alpha value is -0.540. The van der Waals surface area contributed by atoms with Gasteiger partial charge >= 0.3 is 0 Å². The van der Waals surface area contributed by atoms with Crippen LogP contribution in [0.4, 0.5) is 0 Å². The van der Waals surface area contributed by atoms with E-state index in [2.05, 4.69) is 39.9 Å². The van der Waals surface area contributed by atoms with Crippen LogP contribution in [0.3, 0.4) is 0 Å². The number of nitrogens with two attached hydrogens (primary N) is 1. The molecule has 0 aromatic carbocycles. The van der Waals surface area contributed by atoms with Crippen molar-refractivity contribution in [3.63, 3.8) is 0 Å². The van der Waals surface area contributed by atoms with E-state index in [1.54, 1.807) is 0 Å². The van der Waals surface area contributed by atoms with Gasteiger partial charge in [0.1, 0.15) is 0 Å². The van der Waals surface area contributed by atoms with Gasteiger partial charge < -0.3 is 16.2 Å². The van der Waals surface area contributed by atoms with Gasteiger partial charge in [-0.25, -0.2) is 0 Å². The van der Waals surface area contributed by atoms with Crippen molar-refractivity contribution in [2.24, 2.45) is 52.1 Å². The van der Waals surface area contributed by atoms with Crippen molar-refractivity contribution in [1.82, 2.24) is 5.32 Å². The molecule has 5 aliphatic rings.